The molecule has 19 heavy (non-hydrogen) atoms. The molecule has 2 aliphatic heterocycles. The lowest BCUT2D eigenvalue weighted by Gasteiger charge is -2.01. The third kappa shape index (κ3) is 2.45. The molecule has 0 spiro atoms. The summed E-state index contributed by atoms with van der Waals surface area (Å²) in [5.41, 5.74) is 6.73. The lowest BCUT2D eigenvalue weighted by Crippen LogP contribution is -2.28. The van der Waals surface area contributed by atoms with Crippen molar-refractivity contribution in [3.8, 4) is 0 Å². The molecule has 2 N–H and O–H groups in total. The van der Waals surface area contributed by atoms with Gasteiger partial charge in [0.25, 0.3) is 0 Å². The van der Waals surface area contributed by atoms with E-state index in [9.17, 15) is 4.79 Å². The standard InChI is InChI=1S/C12H9N5OS/c13-11-15-9-8(10(18)17-11)14-12(16-9)19-6-7-4-2-1-3-5-7/h1-5H,6H2,(H2,13,17,18). The van der Waals surface area contributed by atoms with E-state index in [1.54, 1.807) is 0 Å². The van der Waals surface area contributed by atoms with E-state index < -0.39 is 5.91 Å². The van der Waals surface area contributed by atoms with E-state index in [0.717, 1.165) is 11.3 Å². The molecule has 2 aliphatic rings. The van der Waals surface area contributed by atoms with Gasteiger partial charge in [-0.25, -0.2) is 9.98 Å². The monoisotopic (exact) mass is 271 g/mol. The zero-order chi connectivity index (χ0) is 13.2. The second kappa shape index (κ2) is 4.77. The van der Waals surface area contributed by atoms with Crippen LogP contribution in [0.2, 0.25) is 0 Å². The smallest absolute Gasteiger partial charge is 0.302 e. The molecule has 1 aromatic carbocycles. The van der Waals surface area contributed by atoms with E-state index in [2.05, 4.69) is 20.0 Å². The summed E-state index contributed by atoms with van der Waals surface area (Å²) in [5.74, 6) is 0.431. The normalized spacial score (nSPS) is 17.4. The molecule has 0 aliphatic carbocycles. The Hall–Kier alpha value is -2.28. The second-order valence-electron chi connectivity index (χ2n) is 3.84. The van der Waals surface area contributed by atoms with Crippen molar-refractivity contribution < 1.29 is 4.79 Å². The molecule has 94 valence electrons. The van der Waals surface area contributed by atoms with Crippen LogP contribution in [0.4, 0.5) is 0 Å². The zero-order valence-corrected chi connectivity index (χ0v) is 10.6. The van der Waals surface area contributed by atoms with Crippen LogP contribution in [0, 0.1) is 0 Å². The van der Waals surface area contributed by atoms with Gasteiger partial charge >= 0.3 is 5.91 Å². The van der Waals surface area contributed by atoms with E-state index in [4.69, 9.17) is 5.73 Å². The van der Waals surface area contributed by atoms with Crippen LogP contribution in [-0.2, 0) is 10.5 Å². The largest absolute Gasteiger partial charge is 0.368 e. The molecule has 6 nitrogen and oxygen atoms in total. The van der Waals surface area contributed by atoms with E-state index in [1.807, 2.05) is 30.3 Å². The number of aliphatic imine (C=N–C) groups is 4. The molecule has 1 aromatic rings. The lowest BCUT2D eigenvalue weighted by molar-refractivity contribution is -0.111. The number of hydrogen-bond donors (Lipinski definition) is 1. The molecule has 2 heterocycles. The van der Waals surface area contributed by atoms with Crippen LogP contribution in [-0.4, -0.2) is 28.6 Å². The Morgan fingerprint density at radius 3 is 2.63 bits per heavy atom. The van der Waals surface area contributed by atoms with Gasteiger partial charge < -0.3 is 5.73 Å². The molecule has 0 unspecified atom stereocenters. The number of hydrogen-bond acceptors (Lipinski definition) is 6. The fourth-order valence-electron chi connectivity index (χ4n) is 1.61. The SMILES string of the molecule is NC1=NC(=O)C2=NC(SCc3ccccc3)=NC2=N1. The minimum absolute atomic E-state index is 0.0722. The van der Waals surface area contributed by atoms with Crippen LogP contribution in [0.25, 0.3) is 0 Å². The van der Waals surface area contributed by atoms with Gasteiger partial charge in [-0.05, 0) is 5.56 Å². The number of carbonyl (C=O) groups excluding carboxylic acids is 1. The van der Waals surface area contributed by atoms with E-state index in [1.165, 1.54) is 11.8 Å². The van der Waals surface area contributed by atoms with Crippen molar-refractivity contribution in [2.45, 2.75) is 5.75 Å². The summed E-state index contributed by atoms with van der Waals surface area (Å²) in [6.07, 6.45) is 0. The number of amidine groups is 2. The third-order valence-electron chi connectivity index (χ3n) is 2.47. The number of rotatable bonds is 2. The Morgan fingerprint density at radius 1 is 1.05 bits per heavy atom. The van der Waals surface area contributed by atoms with Crippen molar-refractivity contribution in [2.75, 3.05) is 0 Å². The van der Waals surface area contributed by atoms with Crippen LogP contribution < -0.4 is 5.73 Å². The molecule has 0 atom stereocenters. The first-order valence-corrected chi connectivity index (χ1v) is 6.52. The van der Waals surface area contributed by atoms with Crippen LogP contribution in [0.5, 0.6) is 0 Å². The maximum atomic E-state index is 11.5. The van der Waals surface area contributed by atoms with E-state index >= 15 is 0 Å². The quantitative estimate of drug-likeness (QED) is 0.869. The number of nitrogens with zero attached hydrogens (tertiary/aromatic N) is 4. The lowest BCUT2D eigenvalue weighted by atomic mass is 10.2. The van der Waals surface area contributed by atoms with Gasteiger partial charge in [-0.15, -0.1) is 0 Å². The van der Waals surface area contributed by atoms with Crippen LogP contribution in [0.15, 0.2) is 50.3 Å². The second-order valence-corrected chi connectivity index (χ2v) is 4.78. The average Bonchev–Trinajstić information content (AvgIpc) is 2.81. The van der Waals surface area contributed by atoms with Crippen molar-refractivity contribution in [1.29, 1.82) is 0 Å². The summed E-state index contributed by atoms with van der Waals surface area (Å²) in [7, 11) is 0. The summed E-state index contributed by atoms with van der Waals surface area (Å²) < 4.78 is 0. The molecule has 0 saturated carbocycles. The summed E-state index contributed by atoms with van der Waals surface area (Å²) in [6.45, 7) is 0. The Kier molecular flexibility index (Phi) is 2.96. The van der Waals surface area contributed by atoms with Crippen LogP contribution in [0.3, 0.4) is 0 Å². The maximum absolute atomic E-state index is 11.5. The maximum Gasteiger partial charge on any atom is 0.302 e. The molecule has 0 bridgehead atoms. The number of amides is 1. The Morgan fingerprint density at radius 2 is 1.84 bits per heavy atom. The highest BCUT2D eigenvalue weighted by molar-refractivity contribution is 8.13. The fourth-order valence-corrected chi connectivity index (χ4v) is 2.41. The highest BCUT2D eigenvalue weighted by Gasteiger charge is 2.28. The molecule has 0 saturated heterocycles. The van der Waals surface area contributed by atoms with Gasteiger partial charge in [-0.1, -0.05) is 42.1 Å². The molecule has 1 amide bonds. The van der Waals surface area contributed by atoms with Crippen molar-refractivity contribution in [3.05, 3.63) is 35.9 Å². The van der Waals surface area contributed by atoms with Crippen molar-refractivity contribution >= 4 is 40.3 Å². The summed E-state index contributed by atoms with van der Waals surface area (Å²) in [4.78, 5) is 27.3. The first-order valence-electron chi connectivity index (χ1n) is 5.54. The minimum atomic E-state index is -0.485. The number of nitrogens with two attached hydrogens (primary N) is 1. The molecule has 7 heteroatoms. The number of fused-ring (bicyclic) bond motifs is 1. The van der Waals surface area contributed by atoms with Crippen molar-refractivity contribution in [3.63, 3.8) is 0 Å². The number of thioether (sulfide) groups is 1. The van der Waals surface area contributed by atoms with E-state index in [-0.39, 0.29) is 17.5 Å². The van der Waals surface area contributed by atoms with Crippen molar-refractivity contribution in [2.24, 2.45) is 25.7 Å². The summed E-state index contributed by atoms with van der Waals surface area (Å²) in [6, 6.07) is 9.95. The van der Waals surface area contributed by atoms with Gasteiger partial charge in [-0.2, -0.15) is 9.98 Å². The van der Waals surface area contributed by atoms with Gasteiger partial charge in [0.1, 0.15) is 0 Å². The van der Waals surface area contributed by atoms with Gasteiger partial charge in [-0.3, -0.25) is 4.79 Å². The zero-order valence-electron chi connectivity index (χ0n) is 9.78. The van der Waals surface area contributed by atoms with Crippen LogP contribution >= 0.6 is 11.8 Å². The third-order valence-corrected chi connectivity index (χ3v) is 3.39. The minimum Gasteiger partial charge on any atom is -0.368 e. The summed E-state index contributed by atoms with van der Waals surface area (Å²) >= 11 is 1.44. The Labute approximate surface area is 113 Å². The fraction of sp³-hybridized carbons (Fsp3) is 0.0833. The number of carbonyl (C=O) groups is 1. The molecular weight excluding hydrogens is 262 g/mol. The molecule has 3 rings (SSSR count). The number of benzene rings is 1. The Balaban J connectivity index is 1.74. The van der Waals surface area contributed by atoms with Gasteiger partial charge in [0.05, 0.1) is 0 Å². The van der Waals surface area contributed by atoms with Crippen molar-refractivity contribution in [1.82, 2.24) is 0 Å². The Bertz CT molecular complexity index is 660. The first kappa shape index (κ1) is 11.8. The highest BCUT2D eigenvalue weighted by atomic mass is 32.2. The first-order chi connectivity index (χ1) is 9.22. The molecular formula is C12H9N5OS. The average molecular weight is 271 g/mol. The topological polar surface area (TPSA) is 92.5 Å². The number of guanidine groups is 1. The van der Waals surface area contributed by atoms with Gasteiger partial charge in [0, 0.05) is 5.75 Å². The van der Waals surface area contributed by atoms with Gasteiger partial charge in [0.2, 0.25) is 5.96 Å². The predicted octanol–water partition coefficient (Wildman–Crippen LogP) is 0.984. The van der Waals surface area contributed by atoms with Crippen LogP contribution in [0.1, 0.15) is 5.56 Å². The van der Waals surface area contributed by atoms with Gasteiger partial charge in [0.15, 0.2) is 16.7 Å². The van der Waals surface area contributed by atoms with E-state index in [0.29, 0.717) is 5.17 Å². The molecule has 0 radical (unpaired) electrons. The predicted molar refractivity (Wildman–Crippen MR) is 76.7 cm³/mol. The summed E-state index contributed by atoms with van der Waals surface area (Å²) in [5, 5.41) is 0.510. The molecule has 0 fully saturated rings. The molecule has 0 aromatic heterocycles. The highest BCUT2D eigenvalue weighted by Crippen LogP contribution is 2.19.